The number of fused-ring (bicyclic) bond motifs is 1. The molecule has 3 aromatic carbocycles. The van der Waals surface area contributed by atoms with E-state index in [4.69, 9.17) is 0 Å². The zero-order valence-electron chi connectivity index (χ0n) is 17.6. The lowest BCUT2D eigenvalue weighted by molar-refractivity contribution is -0.130. The van der Waals surface area contributed by atoms with Crippen molar-refractivity contribution < 1.29 is 4.79 Å². The zero-order valence-corrected chi connectivity index (χ0v) is 19.2. The van der Waals surface area contributed by atoms with Gasteiger partial charge in [0, 0.05) is 36.2 Å². The van der Waals surface area contributed by atoms with E-state index in [1.165, 1.54) is 10.8 Å². The van der Waals surface area contributed by atoms with Crippen LogP contribution < -0.4 is 4.90 Å². The number of hydrogen-bond donors (Lipinski definition) is 0. The molecule has 0 spiro atoms. The minimum absolute atomic E-state index is 0.171. The summed E-state index contributed by atoms with van der Waals surface area (Å²) in [7, 11) is 0. The van der Waals surface area contributed by atoms with Gasteiger partial charge in [0.25, 0.3) is 0 Å². The van der Waals surface area contributed by atoms with E-state index in [2.05, 4.69) is 61.4 Å². The van der Waals surface area contributed by atoms with Crippen LogP contribution in [-0.2, 0) is 11.2 Å². The number of hydrogen-bond acceptors (Lipinski definition) is 4. The van der Waals surface area contributed by atoms with Gasteiger partial charge < -0.3 is 9.80 Å². The van der Waals surface area contributed by atoms with Crippen LogP contribution in [0.2, 0.25) is 0 Å². The van der Waals surface area contributed by atoms with Crippen molar-refractivity contribution in [1.82, 2.24) is 15.1 Å². The quantitative estimate of drug-likeness (QED) is 0.409. The molecule has 6 heteroatoms. The summed E-state index contributed by atoms with van der Waals surface area (Å²) in [6, 6.07) is 26.6. The summed E-state index contributed by atoms with van der Waals surface area (Å²) in [5.41, 5.74) is 3.00. The summed E-state index contributed by atoms with van der Waals surface area (Å²) in [6.07, 6.45) is 0.437. The molecule has 1 aliphatic rings. The SMILES string of the molecule is O=C(Cc1ccc(Br)cc1)N1CCN(c2ccc(-c3cccc4ccccc34)nn2)CC1. The summed E-state index contributed by atoms with van der Waals surface area (Å²) in [5, 5.41) is 11.4. The molecule has 0 aliphatic carbocycles. The van der Waals surface area contributed by atoms with Crippen molar-refractivity contribution in [2.45, 2.75) is 6.42 Å². The normalized spacial score (nSPS) is 14.0. The van der Waals surface area contributed by atoms with E-state index in [-0.39, 0.29) is 5.91 Å². The van der Waals surface area contributed by atoms with Gasteiger partial charge in [0.2, 0.25) is 5.91 Å². The topological polar surface area (TPSA) is 49.3 Å². The Morgan fingerprint density at radius 3 is 2.31 bits per heavy atom. The second kappa shape index (κ2) is 9.09. The second-order valence-corrected chi connectivity index (χ2v) is 8.89. The molecule has 32 heavy (non-hydrogen) atoms. The monoisotopic (exact) mass is 486 g/mol. The average molecular weight is 487 g/mol. The highest BCUT2D eigenvalue weighted by atomic mass is 79.9. The molecule has 5 rings (SSSR count). The van der Waals surface area contributed by atoms with E-state index in [1.807, 2.05) is 53.4 Å². The van der Waals surface area contributed by atoms with Crippen molar-refractivity contribution in [3.63, 3.8) is 0 Å². The van der Waals surface area contributed by atoms with Gasteiger partial charge in [-0.2, -0.15) is 0 Å². The molecular weight excluding hydrogens is 464 g/mol. The first-order valence-corrected chi connectivity index (χ1v) is 11.6. The molecule has 5 nitrogen and oxygen atoms in total. The fraction of sp³-hybridized carbons (Fsp3) is 0.192. The van der Waals surface area contributed by atoms with Gasteiger partial charge in [-0.05, 0) is 40.6 Å². The number of piperazine rings is 1. The van der Waals surface area contributed by atoms with E-state index < -0.39 is 0 Å². The van der Waals surface area contributed by atoms with Gasteiger partial charge in [-0.1, -0.05) is 70.5 Å². The van der Waals surface area contributed by atoms with Crippen LogP contribution in [0.25, 0.3) is 22.0 Å². The number of benzene rings is 3. The Hall–Kier alpha value is -3.25. The van der Waals surface area contributed by atoms with Crippen molar-refractivity contribution in [3.8, 4) is 11.3 Å². The molecule has 1 saturated heterocycles. The Morgan fingerprint density at radius 1 is 0.812 bits per heavy atom. The number of carbonyl (C=O) groups excluding carboxylic acids is 1. The molecule has 2 heterocycles. The molecule has 0 bridgehead atoms. The van der Waals surface area contributed by atoms with Crippen LogP contribution in [0.1, 0.15) is 5.56 Å². The van der Waals surface area contributed by atoms with Crippen molar-refractivity contribution in [1.29, 1.82) is 0 Å². The number of rotatable bonds is 4. The molecule has 1 aliphatic heterocycles. The van der Waals surface area contributed by atoms with Gasteiger partial charge in [-0.25, -0.2) is 0 Å². The largest absolute Gasteiger partial charge is 0.352 e. The van der Waals surface area contributed by atoms with E-state index in [0.717, 1.165) is 40.2 Å². The molecule has 0 saturated carbocycles. The van der Waals surface area contributed by atoms with Crippen molar-refractivity contribution in [3.05, 3.63) is 88.9 Å². The maximum atomic E-state index is 12.7. The highest BCUT2D eigenvalue weighted by Crippen LogP contribution is 2.27. The molecule has 4 aromatic rings. The maximum Gasteiger partial charge on any atom is 0.227 e. The first-order valence-electron chi connectivity index (χ1n) is 10.8. The first-order chi connectivity index (χ1) is 15.7. The summed E-state index contributed by atoms with van der Waals surface area (Å²) in [4.78, 5) is 16.8. The molecular formula is C26H23BrN4O. The van der Waals surface area contributed by atoms with Gasteiger partial charge >= 0.3 is 0 Å². The van der Waals surface area contributed by atoms with Crippen molar-refractivity contribution >= 4 is 38.4 Å². The van der Waals surface area contributed by atoms with E-state index in [1.54, 1.807) is 0 Å². The highest BCUT2D eigenvalue weighted by molar-refractivity contribution is 9.10. The van der Waals surface area contributed by atoms with Crippen LogP contribution in [0.3, 0.4) is 0 Å². The zero-order chi connectivity index (χ0) is 21.9. The molecule has 1 aromatic heterocycles. The smallest absolute Gasteiger partial charge is 0.227 e. The molecule has 0 N–H and O–H groups in total. The minimum Gasteiger partial charge on any atom is -0.352 e. The molecule has 160 valence electrons. The number of aromatic nitrogens is 2. The lowest BCUT2D eigenvalue weighted by Crippen LogP contribution is -2.49. The summed E-state index contributed by atoms with van der Waals surface area (Å²) >= 11 is 3.43. The van der Waals surface area contributed by atoms with E-state index in [9.17, 15) is 4.79 Å². The number of halogens is 1. The molecule has 1 amide bonds. The molecule has 0 radical (unpaired) electrons. The maximum absolute atomic E-state index is 12.7. The summed E-state index contributed by atoms with van der Waals surface area (Å²) in [6.45, 7) is 2.91. The number of amides is 1. The third-order valence-electron chi connectivity index (χ3n) is 5.94. The highest BCUT2D eigenvalue weighted by Gasteiger charge is 2.22. The number of anilines is 1. The predicted molar refractivity (Wildman–Crippen MR) is 132 cm³/mol. The van der Waals surface area contributed by atoms with Gasteiger partial charge in [-0.3, -0.25) is 4.79 Å². The third-order valence-corrected chi connectivity index (χ3v) is 6.47. The van der Waals surface area contributed by atoms with Crippen LogP contribution in [0.15, 0.2) is 83.3 Å². The number of carbonyl (C=O) groups is 1. The van der Waals surface area contributed by atoms with E-state index >= 15 is 0 Å². The first kappa shape index (κ1) is 20.6. The molecule has 0 atom stereocenters. The summed E-state index contributed by atoms with van der Waals surface area (Å²) < 4.78 is 1.02. The predicted octanol–water partition coefficient (Wildman–Crippen LogP) is 4.95. The van der Waals surface area contributed by atoms with Crippen LogP contribution in [0, 0.1) is 0 Å². The lowest BCUT2D eigenvalue weighted by atomic mass is 10.0. The Balaban J connectivity index is 1.23. The minimum atomic E-state index is 0.171. The van der Waals surface area contributed by atoms with Crippen LogP contribution in [0.5, 0.6) is 0 Å². The van der Waals surface area contributed by atoms with Crippen LogP contribution >= 0.6 is 15.9 Å². The summed E-state index contributed by atoms with van der Waals surface area (Å²) in [5.74, 6) is 1.03. The van der Waals surface area contributed by atoms with Crippen LogP contribution in [-0.4, -0.2) is 47.2 Å². The Morgan fingerprint density at radius 2 is 1.56 bits per heavy atom. The van der Waals surface area contributed by atoms with Gasteiger partial charge in [0.05, 0.1) is 12.1 Å². The Kier molecular flexibility index (Phi) is 5.86. The molecule has 0 unspecified atom stereocenters. The Labute approximate surface area is 195 Å². The Bertz CT molecular complexity index is 1230. The van der Waals surface area contributed by atoms with Crippen molar-refractivity contribution in [2.24, 2.45) is 0 Å². The van der Waals surface area contributed by atoms with Gasteiger partial charge in [0.15, 0.2) is 5.82 Å². The van der Waals surface area contributed by atoms with Gasteiger partial charge in [0.1, 0.15) is 0 Å². The lowest BCUT2D eigenvalue weighted by Gasteiger charge is -2.35. The van der Waals surface area contributed by atoms with E-state index in [0.29, 0.717) is 19.5 Å². The van der Waals surface area contributed by atoms with Crippen molar-refractivity contribution in [2.75, 3.05) is 31.1 Å². The molecule has 1 fully saturated rings. The third kappa shape index (κ3) is 4.36. The van der Waals surface area contributed by atoms with Crippen LogP contribution in [0.4, 0.5) is 5.82 Å². The number of nitrogens with zero attached hydrogens (tertiary/aromatic N) is 4. The van der Waals surface area contributed by atoms with Gasteiger partial charge in [-0.15, -0.1) is 10.2 Å². The fourth-order valence-electron chi connectivity index (χ4n) is 4.16. The second-order valence-electron chi connectivity index (χ2n) is 7.97. The average Bonchev–Trinajstić information content (AvgIpc) is 2.85. The standard InChI is InChI=1S/C26H23BrN4O/c27-21-10-8-19(9-11-21)18-26(32)31-16-14-30(15-17-31)25-13-12-24(28-29-25)23-7-3-5-20-4-1-2-6-22(20)23/h1-13H,14-18H2. The fourth-order valence-corrected chi connectivity index (χ4v) is 4.42.